The number of nitrogen functional groups attached to an aromatic ring is 1. The summed E-state index contributed by atoms with van der Waals surface area (Å²) in [6.45, 7) is 1.26. The Balaban J connectivity index is 2.48. The maximum Gasteiger partial charge on any atom is 0.185 e. The molecular weight excluding hydrogens is 288 g/mol. The smallest absolute Gasteiger partial charge is 0.185 e. The molecule has 0 aliphatic carbocycles. The van der Waals surface area contributed by atoms with Crippen LogP contribution in [0, 0.1) is 23.3 Å². The normalized spacial score (nSPS) is 10.5. The van der Waals surface area contributed by atoms with Crippen LogP contribution < -0.4 is 11.1 Å². The molecule has 7 heteroatoms. The molecule has 0 saturated heterocycles. The summed E-state index contributed by atoms with van der Waals surface area (Å²) < 4.78 is 53.3. The topological polar surface area (TPSA) is 55.1 Å². The molecule has 0 aliphatic rings. The summed E-state index contributed by atoms with van der Waals surface area (Å²) in [5.41, 5.74) is 4.96. The first-order valence-electron chi connectivity index (χ1n) is 5.81. The van der Waals surface area contributed by atoms with Gasteiger partial charge in [0, 0.05) is 23.0 Å². The van der Waals surface area contributed by atoms with Crippen LogP contribution in [0.3, 0.4) is 0 Å². The Morgan fingerprint density at radius 1 is 1.05 bits per heavy atom. The van der Waals surface area contributed by atoms with Gasteiger partial charge in [0.1, 0.15) is 5.69 Å². The van der Waals surface area contributed by atoms with Gasteiger partial charge in [-0.1, -0.05) is 0 Å². The van der Waals surface area contributed by atoms with Gasteiger partial charge in [0.25, 0.3) is 0 Å². The van der Waals surface area contributed by atoms with Crippen molar-refractivity contribution in [1.82, 2.24) is 0 Å². The molecule has 0 atom stereocenters. The van der Waals surface area contributed by atoms with Crippen molar-refractivity contribution in [3.8, 4) is 0 Å². The molecule has 2 aromatic carbocycles. The lowest BCUT2D eigenvalue weighted by molar-refractivity contribution is 0.101. The molecule has 3 nitrogen and oxygen atoms in total. The van der Waals surface area contributed by atoms with Crippen molar-refractivity contribution in [2.45, 2.75) is 6.92 Å². The second-order valence-electron chi connectivity index (χ2n) is 4.33. The average molecular weight is 298 g/mol. The van der Waals surface area contributed by atoms with E-state index in [0.717, 1.165) is 0 Å². The number of nitrogens with one attached hydrogen (secondary N) is 1. The molecule has 110 valence electrons. The van der Waals surface area contributed by atoms with Crippen LogP contribution in [0.15, 0.2) is 24.3 Å². The SMILES string of the molecule is CC(=O)c1cc(Nc2c(F)c(F)cc(F)c2F)ccc1N. The zero-order valence-electron chi connectivity index (χ0n) is 10.8. The third kappa shape index (κ3) is 2.81. The fourth-order valence-electron chi connectivity index (χ4n) is 1.77. The van der Waals surface area contributed by atoms with Crippen LogP contribution in [-0.4, -0.2) is 5.78 Å². The number of rotatable bonds is 3. The first kappa shape index (κ1) is 14.8. The summed E-state index contributed by atoms with van der Waals surface area (Å²) in [4.78, 5) is 11.3. The summed E-state index contributed by atoms with van der Waals surface area (Å²) in [5, 5.41) is 2.21. The molecule has 2 rings (SSSR count). The van der Waals surface area contributed by atoms with Crippen LogP contribution >= 0.6 is 0 Å². The van der Waals surface area contributed by atoms with E-state index in [2.05, 4.69) is 5.32 Å². The molecule has 0 bridgehead atoms. The lowest BCUT2D eigenvalue weighted by Crippen LogP contribution is -2.05. The van der Waals surface area contributed by atoms with Crippen molar-refractivity contribution in [3.05, 3.63) is 53.1 Å². The average Bonchev–Trinajstić information content (AvgIpc) is 2.43. The van der Waals surface area contributed by atoms with Gasteiger partial charge in [0.2, 0.25) is 0 Å². The summed E-state index contributed by atoms with van der Waals surface area (Å²) in [6.07, 6.45) is 0. The first-order chi connectivity index (χ1) is 9.81. The maximum absolute atomic E-state index is 13.5. The summed E-state index contributed by atoms with van der Waals surface area (Å²) in [6, 6.07) is 4.01. The number of ketones is 1. The molecule has 0 radical (unpaired) electrons. The Morgan fingerprint density at radius 2 is 1.62 bits per heavy atom. The van der Waals surface area contributed by atoms with Gasteiger partial charge in [-0.3, -0.25) is 4.79 Å². The van der Waals surface area contributed by atoms with Gasteiger partial charge in [-0.15, -0.1) is 0 Å². The van der Waals surface area contributed by atoms with Gasteiger partial charge in [0.05, 0.1) is 0 Å². The molecule has 0 amide bonds. The fraction of sp³-hybridized carbons (Fsp3) is 0.0714. The predicted molar refractivity (Wildman–Crippen MR) is 70.4 cm³/mol. The second kappa shape index (κ2) is 5.43. The molecule has 0 spiro atoms. The predicted octanol–water partition coefficient (Wildman–Crippen LogP) is 3.77. The quantitative estimate of drug-likeness (QED) is 0.392. The highest BCUT2D eigenvalue weighted by molar-refractivity contribution is 6.00. The number of benzene rings is 2. The summed E-state index contributed by atoms with van der Waals surface area (Å²) in [7, 11) is 0. The Kier molecular flexibility index (Phi) is 3.84. The van der Waals surface area contributed by atoms with Crippen molar-refractivity contribution in [1.29, 1.82) is 0 Å². The first-order valence-corrected chi connectivity index (χ1v) is 5.81. The highest BCUT2D eigenvalue weighted by Gasteiger charge is 2.19. The zero-order chi connectivity index (χ0) is 15.7. The highest BCUT2D eigenvalue weighted by atomic mass is 19.2. The van der Waals surface area contributed by atoms with E-state index in [1.165, 1.54) is 25.1 Å². The number of anilines is 3. The van der Waals surface area contributed by atoms with Gasteiger partial charge < -0.3 is 11.1 Å². The molecular formula is C14H10F4N2O. The standard InChI is InChI=1S/C14H10F4N2O/c1-6(21)8-4-7(2-3-11(8)19)20-14-12(17)9(15)5-10(16)13(14)18/h2-5,20H,19H2,1H3. The van der Waals surface area contributed by atoms with E-state index in [4.69, 9.17) is 5.73 Å². The highest BCUT2D eigenvalue weighted by Crippen LogP contribution is 2.28. The van der Waals surface area contributed by atoms with E-state index >= 15 is 0 Å². The minimum absolute atomic E-state index is 0.0669. The van der Waals surface area contributed by atoms with E-state index in [0.29, 0.717) is 0 Å². The number of halogens is 4. The van der Waals surface area contributed by atoms with Gasteiger partial charge in [-0.2, -0.15) is 0 Å². The lowest BCUT2D eigenvalue weighted by atomic mass is 10.1. The number of Topliss-reactive ketones (excluding diaryl/α,β-unsaturated/α-hetero) is 1. The number of nitrogens with two attached hydrogens (primary N) is 1. The molecule has 0 aliphatic heterocycles. The van der Waals surface area contributed by atoms with E-state index in [1.807, 2.05) is 0 Å². The summed E-state index contributed by atoms with van der Waals surface area (Å²) in [5.74, 6) is -6.54. The van der Waals surface area contributed by atoms with Crippen molar-refractivity contribution in [2.24, 2.45) is 0 Å². The molecule has 0 aromatic heterocycles. The van der Waals surface area contributed by atoms with Crippen molar-refractivity contribution >= 4 is 22.8 Å². The van der Waals surface area contributed by atoms with Crippen molar-refractivity contribution < 1.29 is 22.4 Å². The van der Waals surface area contributed by atoms with Crippen molar-refractivity contribution in [2.75, 3.05) is 11.1 Å². The number of carbonyl (C=O) groups is 1. The Bertz CT molecular complexity index is 705. The lowest BCUT2D eigenvalue weighted by Gasteiger charge is -2.11. The maximum atomic E-state index is 13.5. The largest absolute Gasteiger partial charge is 0.398 e. The van der Waals surface area contributed by atoms with E-state index < -0.39 is 29.0 Å². The van der Waals surface area contributed by atoms with Crippen LogP contribution in [0.2, 0.25) is 0 Å². The second-order valence-corrected chi connectivity index (χ2v) is 4.33. The van der Waals surface area contributed by atoms with E-state index in [1.54, 1.807) is 0 Å². The number of carbonyl (C=O) groups excluding carboxylic acids is 1. The molecule has 21 heavy (non-hydrogen) atoms. The van der Waals surface area contributed by atoms with Crippen LogP contribution in [0.25, 0.3) is 0 Å². The van der Waals surface area contributed by atoms with Crippen molar-refractivity contribution in [3.63, 3.8) is 0 Å². The molecule has 0 saturated carbocycles. The summed E-state index contributed by atoms with van der Waals surface area (Å²) >= 11 is 0. The zero-order valence-corrected chi connectivity index (χ0v) is 10.8. The van der Waals surface area contributed by atoms with Crippen LogP contribution in [0.4, 0.5) is 34.6 Å². The Morgan fingerprint density at radius 3 is 2.14 bits per heavy atom. The number of hydrogen-bond donors (Lipinski definition) is 2. The van der Waals surface area contributed by atoms with Gasteiger partial charge in [-0.05, 0) is 25.1 Å². The molecule has 0 unspecified atom stereocenters. The minimum Gasteiger partial charge on any atom is -0.398 e. The third-order valence-corrected chi connectivity index (χ3v) is 2.81. The van der Waals surface area contributed by atoms with Gasteiger partial charge in [-0.25, -0.2) is 17.6 Å². The Hall–Kier alpha value is -2.57. The van der Waals surface area contributed by atoms with Crippen LogP contribution in [-0.2, 0) is 0 Å². The molecule has 2 aromatic rings. The van der Waals surface area contributed by atoms with Crippen LogP contribution in [0.5, 0.6) is 0 Å². The monoisotopic (exact) mass is 298 g/mol. The molecule has 3 N–H and O–H groups in total. The fourth-order valence-corrected chi connectivity index (χ4v) is 1.77. The minimum atomic E-state index is -1.56. The van der Waals surface area contributed by atoms with Gasteiger partial charge >= 0.3 is 0 Å². The van der Waals surface area contributed by atoms with E-state index in [-0.39, 0.29) is 28.8 Å². The van der Waals surface area contributed by atoms with Gasteiger partial charge in [0.15, 0.2) is 29.1 Å². The van der Waals surface area contributed by atoms with E-state index in [9.17, 15) is 22.4 Å². The molecule has 0 heterocycles. The Labute approximate surface area is 117 Å². The molecule has 0 fully saturated rings. The number of hydrogen-bond acceptors (Lipinski definition) is 3. The van der Waals surface area contributed by atoms with Crippen LogP contribution in [0.1, 0.15) is 17.3 Å². The third-order valence-electron chi connectivity index (χ3n) is 2.81.